The zero-order chi connectivity index (χ0) is 10.6. The van der Waals surface area contributed by atoms with E-state index in [1.807, 2.05) is 7.05 Å². The molecule has 0 bridgehead atoms. The van der Waals surface area contributed by atoms with E-state index < -0.39 is 0 Å². The predicted molar refractivity (Wildman–Crippen MR) is 60.7 cm³/mol. The van der Waals surface area contributed by atoms with Crippen LogP contribution in [0.3, 0.4) is 0 Å². The van der Waals surface area contributed by atoms with E-state index in [2.05, 4.69) is 36.3 Å². The van der Waals surface area contributed by atoms with Gasteiger partial charge < -0.3 is 5.32 Å². The van der Waals surface area contributed by atoms with E-state index in [0.29, 0.717) is 5.41 Å². The van der Waals surface area contributed by atoms with E-state index in [1.54, 1.807) is 11.3 Å². The maximum absolute atomic E-state index is 4.20. The number of nitrogens with one attached hydrogen (secondary N) is 1. The van der Waals surface area contributed by atoms with Crippen LogP contribution in [0.5, 0.6) is 0 Å². The Labute approximate surface area is 89.9 Å². The van der Waals surface area contributed by atoms with E-state index in [-0.39, 0.29) is 0 Å². The second kappa shape index (κ2) is 4.84. The topological polar surface area (TPSA) is 37.8 Å². The summed E-state index contributed by atoms with van der Waals surface area (Å²) < 4.78 is 0. The Morgan fingerprint density at radius 2 is 1.86 bits per heavy atom. The van der Waals surface area contributed by atoms with Gasteiger partial charge in [0.2, 0.25) is 0 Å². The second-order valence-corrected chi connectivity index (χ2v) is 5.83. The van der Waals surface area contributed by atoms with Gasteiger partial charge in [-0.2, -0.15) is 0 Å². The first kappa shape index (κ1) is 11.6. The van der Waals surface area contributed by atoms with Gasteiger partial charge in [0.25, 0.3) is 0 Å². The monoisotopic (exact) mass is 213 g/mol. The number of hydrogen-bond donors (Lipinski definition) is 1. The Kier molecular flexibility index (Phi) is 4.01. The van der Waals surface area contributed by atoms with Gasteiger partial charge in [0.1, 0.15) is 10.0 Å². The third-order valence-corrected chi connectivity index (χ3v) is 2.76. The molecule has 0 aromatic carbocycles. The molecule has 0 aliphatic heterocycles. The molecule has 1 aromatic heterocycles. The van der Waals surface area contributed by atoms with Crippen molar-refractivity contribution in [2.45, 2.75) is 33.6 Å². The summed E-state index contributed by atoms with van der Waals surface area (Å²) in [5.41, 5.74) is 0.305. The molecule has 0 fully saturated rings. The Hall–Kier alpha value is -0.480. The van der Waals surface area contributed by atoms with Crippen molar-refractivity contribution in [3.8, 4) is 0 Å². The highest BCUT2D eigenvalue weighted by atomic mass is 32.1. The minimum Gasteiger partial charge on any atom is -0.319 e. The van der Waals surface area contributed by atoms with Crippen LogP contribution in [0.2, 0.25) is 0 Å². The molecule has 0 amide bonds. The van der Waals surface area contributed by atoms with Crippen molar-refractivity contribution in [3.63, 3.8) is 0 Å². The SMILES string of the molecule is CNCCc1nnc(CC(C)(C)C)s1. The summed E-state index contributed by atoms with van der Waals surface area (Å²) in [5, 5.41) is 13.8. The molecule has 0 aliphatic rings. The molecule has 0 saturated heterocycles. The molecule has 14 heavy (non-hydrogen) atoms. The highest BCUT2D eigenvalue weighted by Crippen LogP contribution is 2.22. The largest absolute Gasteiger partial charge is 0.319 e. The van der Waals surface area contributed by atoms with E-state index in [9.17, 15) is 0 Å². The fourth-order valence-electron chi connectivity index (χ4n) is 1.15. The summed E-state index contributed by atoms with van der Waals surface area (Å²) in [6, 6.07) is 0. The summed E-state index contributed by atoms with van der Waals surface area (Å²) in [6.07, 6.45) is 2.00. The van der Waals surface area contributed by atoms with Crippen LogP contribution in [0.1, 0.15) is 30.8 Å². The number of aromatic nitrogens is 2. The van der Waals surface area contributed by atoms with Gasteiger partial charge in [-0.05, 0) is 12.5 Å². The van der Waals surface area contributed by atoms with Gasteiger partial charge >= 0.3 is 0 Å². The first-order valence-corrected chi connectivity index (χ1v) is 5.79. The third-order valence-electron chi connectivity index (χ3n) is 1.78. The Morgan fingerprint density at radius 1 is 1.21 bits per heavy atom. The molecule has 0 spiro atoms. The van der Waals surface area contributed by atoms with Gasteiger partial charge in [0, 0.05) is 19.4 Å². The van der Waals surface area contributed by atoms with E-state index >= 15 is 0 Å². The smallest absolute Gasteiger partial charge is 0.118 e. The minimum atomic E-state index is 0.305. The van der Waals surface area contributed by atoms with Crippen molar-refractivity contribution in [3.05, 3.63) is 10.0 Å². The normalized spacial score (nSPS) is 12.0. The first-order valence-electron chi connectivity index (χ1n) is 4.97. The van der Waals surface area contributed by atoms with Crippen molar-refractivity contribution in [1.82, 2.24) is 15.5 Å². The highest BCUT2D eigenvalue weighted by molar-refractivity contribution is 7.11. The van der Waals surface area contributed by atoms with Crippen molar-refractivity contribution < 1.29 is 0 Å². The fourth-order valence-corrected chi connectivity index (χ4v) is 2.29. The molecule has 0 saturated carbocycles. The molecule has 0 aliphatic carbocycles. The van der Waals surface area contributed by atoms with Crippen LogP contribution in [0.4, 0.5) is 0 Å². The summed E-state index contributed by atoms with van der Waals surface area (Å²) in [6.45, 7) is 7.65. The number of rotatable bonds is 4. The molecule has 0 unspecified atom stereocenters. The molecule has 0 atom stereocenters. The Morgan fingerprint density at radius 3 is 2.43 bits per heavy atom. The molecular weight excluding hydrogens is 194 g/mol. The average Bonchev–Trinajstić information content (AvgIpc) is 2.46. The fraction of sp³-hybridized carbons (Fsp3) is 0.800. The predicted octanol–water partition coefficient (Wildman–Crippen LogP) is 1.89. The van der Waals surface area contributed by atoms with Crippen molar-refractivity contribution in [2.24, 2.45) is 5.41 Å². The number of hydrogen-bond acceptors (Lipinski definition) is 4. The molecule has 1 aromatic rings. The standard InChI is InChI=1S/C10H19N3S/c1-10(2,3)7-9-13-12-8(14-9)5-6-11-4/h11H,5-7H2,1-4H3. The van der Waals surface area contributed by atoms with Crippen LogP contribution < -0.4 is 5.32 Å². The highest BCUT2D eigenvalue weighted by Gasteiger charge is 2.14. The lowest BCUT2D eigenvalue weighted by Gasteiger charge is -2.14. The molecular formula is C10H19N3S. The van der Waals surface area contributed by atoms with Gasteiger partial charge in [-0.15, -0.1) is 21.5 Å². The van der Waals surface area contributed by atoms with Gasteiger partial charge in [-0.25, -0.2) is 0 Å². The zero-order valence-corrected chi connectivity index (χ0v) is 10.2. The summed E-state index contributed by atoms with van der Waals surface area (Å²) in [7, 11) is 1.96. The summed E-state index contributed by atoms with van der Waals surface area (Å²) in [4.78, 5) is 0. The van der Waals surface area contributed by atoms with Crippen LogP contribution >= 0.6 is 11.3 Å². The minimum absolute atomic E-state index is 0.305. The Bertz CT molecular complexity index is 275. The zero-order valence-electron chi connectivity index (χ0n) is 9.42. The van der Waals surface area contributed by atoms with Crippen LogP contribution in [-0.2, 0) is 12.8 Å². The Balaban J connectivity index is 2.51. The van der Waals surface area contributed by atoms with Gasteiger partial charge in [0.15, 0.2) is 0 Å². The van der Waals surface area contributed by atoms with Gasteiger partial charge in [-0.3, -0.25) is 0 Å². The van der Waals surface area contributed by atoms with Crippen LogP contribution in [0.25, 0.3) is 0 Å². The maximum Gasteiger partial charge on any atom is 0.118 e. The first-order chi connectivity index (χ1) is 6.51. The molecule has 4 heteroatoms. The molecule has 80 valence electrons. The van der Waals surface area contributed by atoms with Crippen molar-refractivity contribution >= 4 is 11.3 Å². The summed E-state index contributed by atoms with van der Waals surface area (Å²) >= 11 is 1.74. The van der Waals surface area contributed by atoms with Gasteiger partial charge in [0.05, 0.1) is 0 Å². The lowest BCUT2D eigenvalue weighted by atomic mass is 9.93. The molecule has 0 radical (unpaired) electrons. The van der Waals surface area contributed by atoms with Crippen LogP contribution in [0, 0.1) is 5.41 Å². The molecule has 3 nitrogen and oxygen atoms in total. The average molecular weight is 213 g/mol. The number of nitrogens with zero attached hydrogens (tertiary/aromatic N) is 2. The van der Waals surface area contributed by atoms with Crippen molar-refractivity contribution in [1.29, 1.82) is 0 Å². The lowest BCUT2D eigenvalue weighted by Crippen LogP contribution is -2.09. The maximum atomic E-state index is 4.20. The quantitative estimate of drug-likeness (QED) is 0.830. The number of likely N-dealkylation sites (N-methyl/N-ethyl adjacent to an activating group) is 1. The van der Waals surface area contributed by atoms with E-state index in [0.717, 1.165) is 29.4 Å². The molecule has 1 heterocycles. The lowest BCUT2D eigenvalue weighted by molar-refractivity contribution is 0.409. The van der Waals surface area contributed by atoms with Gasteiger partial charge in [-0.1, -0.05) is 20.8 Å². The summed E-state index contributed by atoms with van der Waals surface area (Å²) in [5.74, 6) is 0. The van der Waals surface area contributed by atoms with Crippen LogP contribution in [-0.4, -0.2) is 23.8 Å². The molecule has 1 N–H and O–H groups in total. The second-order valence-electron chi connectivity index (χ2n) is 4.68. The van der Waals surface area contributed by atoms with E-state index in [4.69, 9.17) is 0 Å². The third kappa shape index (κ3) is 4.15. The molecule has 1 rings (SSSR count). The van der Waals surface area contributed by atoms with Crippen LogP contribution in [0.15, 0.2) is 0 Å². The van der Waals surface area contributed by atoms with Crippen molar-refractivity contribution in [2.75, 3.05) is 13.6 Å². The van der Waals surface area contributed by atoms with E-state index in [1.165, 1.54) is 0 Å².